The van der Waals surface area contributed by atoms with Crippen LogP contribution in [0.4, 0.5) is 5.69 Å². The number of carbonyl (C=O) groups is 1. The van der Waals surface area contributed by atoms with Gasteiger partial charge in [0.25, 0.3) is 5.91 Å². The number of ether oxygens (including phenoxy) is 3. The second-order valence-electron chi connectivity index (χ2n) is 5.87. The summed E-state index contributed by atoms with van der Waals surface area (Å²) in [6.45, 7) is 6.46. The van der Waals surface area contributed by atoms with Crippen LogP contribution in [0.1, 0.15) is 37.0 Å². The van der Waals surface area contributed by atoms with Crippen LogP contribution >= 0.6 is 15.9 Å². The van der Waals surface area contributed by atoms with E-state index >= 15 is 0 Å². The molecular weight excluding hydrogens is 410 g/mol. The Balaban J connectivity index is 1.89. The second-order valence-corrected chi connectivity index (χ2v) is 6.73. The summed E-state index contributed by atoms with van der Waals surface area (Å²) >= 11 is 3.47. The summed E-state index contributed by atoms with van der Waals surface area (Å²) in [4.78, 5) is 12.4. The molecule has 0 saturated heterocycles. The quantitative estimate of drug-likeness (QED) is 0.486. The lowest BCUT2D eigenvalue weighted by atomic mass is 10.2. The Morgan fingerprint density at radius 1 is 1.00 bits per heavy atom. The Hall–Kier alpha value is -2.05. The summed E-state index contributed by atoms with van der Waals surface area (Å²) in [6.07, 6.45) is 2.08. The monoisotopic (exact) mass is 435 g/mol. The van der Waals surface area contributed by atoms with Crippen LogP contribution in [0.3, 0.4) is 0 Å². The van der Waals surface area contributed by atoms with Crippen molar-refractivity contribution in [3.8, 4) is 11.5 Å². The molecule has 0 atom stereocenters. The fraction of sp³-hybridized carbons (Fsp3) is 0.381. The lowest BCUT2D eigenvalue weighted by Crippen LogP contribution is -2.12. The molecule has 2 aromatic rings. The molecule has 0 aliphatic carbocycles. The van der Waals surface area contributed by atoms with Crippen LogP contribution < -0.4 is 14.8 Å². The van der Waals surface area contributed by atoms with E-state index in [9.17, 15) is 4.79 Å². The summed E-state index contributed by atoms with van der Waals surface area (Å²) in [7, 11) is 0. The van der Waals surface area contributed by atoms with Crippen molar-refractivity contribution in [1.82, 2.24) is 0 Å². The predicted molar refractivity (Wildman–Crippen MR) is 111 cm³/mol. The first kappa shape index (κ1) is 21.3. The van der Waals surface area contributed by atoms with E-state index in [1.54, 1.807) is 12.1 Å². The van der Waals surface area contributed by atoms with Gasteiger partial charge < -0.3 is 19.5 Å². The van der Waals surface area contributed by atoms with E-state index in [0.717, 1.165) is 28.8 Å². The van der Waals surface area contributed by atoms with E-state index in [4.69, 9.17) is 14.2 Å². The minimum Gasteiger partial charge on any atom is -0.492 e. The molecule has 2 aromatic carbocycles. The molecule has 146 valence electrons. The zero-order valence-electron chi connectivity index (χ0n) is 15.8. The molecule has 0 aromatic heterocycles. The number of unbranched alkanes of at least 4 members (excludes halogenated alkanes) is 1. The number of halogens is 1. The summed E-state index contributed by atoms with van der Waals surface area (Å²) in [6, 6.07) is 12.6. The van der Waals surface area contributed by atoms with E-state index in [1.807, 2.05) is 37.3 Å². The maximum atomic E-state index is 12.4. The highest BCUT2D eigenvalue weighted by molar-refractivity contribution is 9.10. The Kier molecular flexibility index (Phi) is 9.15. The van der Waals surface area contributed by atoms with Crippen molar-refractivity contribution in [3.05, 3.63) is 52.5 Å². The number of carbonyl (C=O) groups excluding carboxylic acids is 1. The van der Waals surface area contributed by atoms with Crippen molar-refractivity contribution in [2.75, 3.05) is 31.7 Å². The molecule has 0 aliphatic rings. The molecule has 0 bridgehead atoms. The Morgan fingerprint density at radius 2 is 1.78 bits per heavy atom. The zero-order valence-corrected chi connectivity index (χ0v) is 17.4. The third kappa shape index (κ3) is 7.23. The molecule has 0 unspecified atom stereocenters. The number of amides is 1. The minimum atomic E-state index is -0.180. The maximum absolute atomic E-state index is 12.4. The molecule has 2 rings (SSSR count). The molecule has 6 heteroatoms. The Labute approximate surface area is 169 Å². The number of hydrogen-bond donors (Lipinski definition) is 1. The standard InChI is InChI=1S/C21H26BrNO4/c1-3-5-12-27-20-11-6-16(15-19(20)22)21(24)23-17-7-9-18(10-8-17)26-14-13-25-4-2/h6-11,15H,3-5,12-14H2,1-2H3,(H,23,24). The minimum absolute atomic E-state index is 0.180. The summed E-state index contributed by atoms with van der Waals surface area (Å²) in [5, 5.41) is 2.88. The third-order valence-electron chi connectivity index (χ3n) is 3.76. The van der Waals surface area contributed by atoms with Crippen molar-refractivity contribution >= 4 is 27.5 Å². The van der Waals surface area contributed by atoms with Gasteiger partial charge in [0.1, 0.15) is 18.1 Å². The highest BCUT2D eigenvalue weighted by atomic mass is 79.9. The molecule has 5 nitrogen and oxygen atoms in total. The first-order chi connectivity index (χ1) is 13.1. The van der Waals surface area contributed by atoms with Gasteiger partial charge in [-0.25, -0.2) is 0 Å². The van der Waals surface area contributed by atoms with Crippen LogP contribution in [-0.4, -0.2) is 32.3 Å². The first-order valence-electron chi connectivity index (χ1n) is 9.18. The highest BCUT2D eigenvalue weighted by Gasteiger charge is 2.10. The molecule has 0 fully saturated rings. The van der Waals surface area contributed by atoms with Gasteiger partial charge in [0, 0.05) is 17.9 Å². The normalized spacial score (nSPS) is 10.5. The molecule has 0 radical (unpaired) electrons. The highest BCUT2D eigenvalue weighted by Crippen LogP contribution is 2.27. The van der Waals surface area contributed by atoms with Crippen LogP contribution in [0.25, 0.3) is 0 Å². The molecule has 0 aliphatic heterocycles. The number of hydrogen-bond acceptors (Lipinski definition) is 4. The van der Waals surface area contributed by atoms with Gasteiger partial charge in [0.2, 0.25) is 0 Å². The van der Waals surface area contributed by atoms with E-state index in [2.05, 4.69) is 28.2 Å². The van der Waals surface area contributed by atoms with E-state index < -0.39 is 0 Å². The van der Waals surface area contributed by atoms with Gasteiger partial charge in [-0.1, -0.05) is 13.3 Å². The molecule has 0 heterocycles. The Bertz CT molecular complexity index is 719. The summed E-state index contributed by atoms with van der Waals surface area (Å²) < 4.78 is 17.3. The van der Waals surface area contributed by atoms with Crippen molar-refractivity contribution in [1.29, 1.82) is 0 Å². The molecule has 1 N–H and O–H groups in total. The fourth-order valence-corrected chi connectivity index (χ4v) is 2.78. The van der Waals surface area contributed by atoms with E-state index in [0.29, 0.717) is 37.7 Å². The maximum Gasteiger partial charge on any atom is 0.255 e. The summed E-state index contributed by atoms with van der Waals surface area (Å²) in [5.74, 6) is 1.30. The van der Waals surface area contributed by atoms with E-state index in [1.165, 1.54) is 0 Å². The van der Waals surface area contributed by atoms with Gasteiger partial charge in [0.15, 0.2) is 0 Å². The van der Waals surface area contributed by atoms with Gasteiger partial charge >= 0.3 is 0 Å². The van der Waals surface area contributed by atoms with Crippen LogP contribution in [-0.2, 0) is 4.74 Å². The average molecular weight is 436 g/mol. The van der Waals surface area contributed by atoms with Crippen molar-refractivity contribution in [3.63, 3.8) is 0 Å². The second kappa shape index (κ2) is 11.6. The predicted octanol–water partition coefficient (Wildman–Crippen LogP) is 5.30. The van der Waals surface area contributed by atoms with Crippen LogP contribution in [0.15, 0.2) is 46.9 Å². The van der Waals surface area contributed by atoms with E-state index in [-0.39, 0.29) is 5.91 Å². The smallest absolute Gasteiger partial charge is 0.255 e. The fourth-order valence-electron chi connectivity index (χ4n) is 2.29. The first-order valence-corrected chi connectivity index (χ1v) is 9.97. The third-order valence-corrected chi connectivity index (χ3v) is 4.38. The molecular formula is C21H26BrNO4. The van der Waals surface area contributed by atoms with Gasteiger partial charge in [-0.05, 0) is 71.7 Å². The number of benzene rings is 2. The van der Waals surface area contributed by atoms with Crippen molar-refractivity contribution in [2.24, 2.45) is 0 Å². The SMILES string of the molecule is CCCCOc1ccc(C(=O)Nc2ccc(OCCOCC)cc2)cc1Br. The van der Waals surface area contributed by atoms with Crippen LogP contribution in [0, 0.1) is 0 Å². The van der Waals surface area contributed by atoms with Gasteiger partial charge in [0.05, 0.1) is 17.7 Å². The van der Waals surface area contributed by atoms with Gasteiger partial charge in [-0.2, -0.15) is 0 Å². The number of anilines is 1. The molecule has 27 heavy (non-hydrogen) atoms. The molecule has 1 amide bonds. The van der Waals surface area contributed by atoms with Crippen molar-refractivity contribution < 1.29 is 19.0 Å². The zero-order chi connectivity index (χ0) is 19.5. The summed E-state index contributed by atoms with van der Waals surface area (Å²) in [5.41, 5.74) is 1.26. The average Bonchev–Trinajstić information content (AvgIpc) is 2.68. The number of nitrogens with one attached hydrogen (secondary N) is 1. The van der Waals surface area contributed by atoms with Gasteiger partial charge in [-0.15, -0.1) is 0 Å². The van der Waals surface area contributed by atoms with Crippen molar-refractivity contribution in [2.45, 2.75) is 26.7 Å². The Morgan fingerprint density at radius 3 is 2.44 bits per heavy atom. The van der Waals surface area contributed by atoms with Crippen LogP contribution in [0.5, 0.6) is 11.5 Å². The number of rotatable bonds is 11. The lowest BCUT2D eigenvalue weighted by molar-refractivity contribution is 0.102. The molecule has 0 saturated carbocycles. The topological polar surface area (TPSA) is 56.8 Å². The molecule has 0 spiro atoms. The largest absolute Gasteiger partial charge is 0.492 e. The lowest BCUT2D eigenvalue weighted by Gasteiger charge is -2.10. The van der Waals surface area contributed by atoms with Gasteiger partial charge in [-0.3, -0.25) is 4.79 Å². The van der Waals surface area contributed by atoms with Crippen LogP contribution in [0.2, 0.25) is 0 Å².